The molecule has 16 heavy (non-hydrogen) atoms. The van der Waals surface area contributed by atoms with E-state index < -0.39 is 5.97 Å². The Labute approximate surface area is 100 Å². The number of carbonyl (C=O) groups is 1. The molecule has 0 unspecified atom stereocenters. The number of aliphatic carboxylic acids is 1. The van der Waals surface area contributed by atoms with Gasteiger partial charge in [0.25, 0.3) is 0 Å². The maximum Gasteiger partial charge on any atom is 0.303 e. The van der Waals surface area contributed by atoms with Crippen molar-refractivity contribution < 1.29 is 9.90 Å². The van der Waals surface area contributed by atoms with E-state index in [9.17, 15) is 4.79 Å². The summed E-state index contributed by atoms with van der Waals surface area (Å²) in [5, 5.41) is 8.78. The molecule has 1 N–H and O–H groups in total. The second kappa shape index (κ2) is 8.60. The van der Waals surface area contributed by atoms with Gasteiger partial charge in [-0.15, -0.1) is 0 Å². The summed E-state index contributed by atoms with van der Waals surface area (Å²) >= 11 is 0. The molecule has 0 radical (unpaired) electrons. The van der Waals surface area contributed by atoms with Crippen LogP contribution in [0.2, 0.25) is 0 Å². The molecule has 0 aliphatic rings. The van der Waals surface area contributed by atoms with Gasteiger partial charge in [-0.1, -0.05) is 59.3 Å². The van der Waals surface area contributed by atoms with Crippen LogP contribution in [0.5, 0.6) is 0 Å². The lowest BCUT2D eigenvalue weighted by Gasteiger charge is -2.31. The summed E-state index contributed by atoms with van der Waals surface area (Å²) in [5.41, 5.74) is 0.284. The summed E-state index contributed by atoms with van der Waals surface area (Å²) in [5.74, 6) is -0.653. The largest absolute Gasteiger partial charge is 0.481 e. The Kier molecular flexibility index (Phi) is 8.32. The van der Waals surface area contributed by atoms with Crippen molar-refractivity contribution in [3.8, 4) is 0 Å². The van der Waals surface area contributed by atoms with Gasteiger partial charge in [-0.3, -0.25) is 4.79 Å². The first kappa shape index (κ1) is 15.5. The number of carboxylic acids is 1. The molecule has 0 heterocycles. The zero-order valence-corrected chi connectivity index (χ0v) is 11.2. The lowest BCUT2D eigenvalue weighted by Crippen LogP contribution is -2.20. The van der Waals surface area contributed by atoms with Crippen LogP contribution in [0.4, 0.5) is 0 Å². The molecule has 0 spiro atoms. The van der Waals surface area contributed by atoms with Crippen LogP contribution in [-0.4, -0.2) is 11.1 Å². The second-order valence-electron chi connectivity index (χ2n) is 4.91. The molecule has 0 aliphatic carbocycles. The third-order valence-corrected chi connectivity index (χ3v) is 3.93. The average Bonchev–Trinajstić information content (AvgIpc) is 2.29. The zero-order valence-electron chi connectivity index (χ0n) is 11.2. The summed E-state index contributed by atoms with van der Waals surface area (Å²) in [7, 11) is 0. The van der Waals surface area contributed by atoms with Crippen LogP contribution in [-0.2, 0) is 4.79 Å². The van der Waals surface area contributed by atoms with E-state index in [0.29, 0.717) is 6.42 Å². The monoisotopic (exact) mass is 228 g/mol. The lowest BCUT2D eigenvalue weighted by atomic mass is 9.74. The van der Waals surface area contributed by atoms with Crippen molar-refractivity contribution in [3.05, 3.63) is 0 Å². The maximum atomic E-state index is 10.7. The Balaban J connectivity index is 4.04. The molecule has 0 saturated carbocycles. The highest BCUT2D eigenvalue weighted by Gasteiger charge is 2.25. The smallest absolute Gasteiger partial charge is 0.303 e. The van der Waals surface area contributed by atoms with E-state index in [-0.39, 0.29) is 5.41 Å². The van der Waals surface area contributed by atoms with Gasteiger partial charge in [0.15, 0.2) is 0 Å². The Morgan fingerprint density at radius 2 is 1.62 bits per heavy atom. The minimum Gasteiger partial charge on any atom is -0.481 e. The fourth-order valence-corrected chi connectivity index (χ4v) is 2.38. The van der Waals surface area contributed by atoms with Gasteiger partial charge in [0.05, 0.1) is 0 Å². The SMILES string of the molecule is CCCCCCC(CC)(CC)CCC(=O)O. The Morgan fingerprint density at radius 1 is 1.00 bits per heavy atom. The molecular formula is C14H28O2. The van der Waals surface area contributed by atoms with Crippen molar-refractivity contribution in [1.82, 2.24) is 0 Å². The molecule has 0 bridgehead atoms. The molecule has 0 fully saturated rings. The number of hydrogen-bond acceptors (Lipinski definition) is 1. The van der Waals surface area contributed by atoms with Crippen molar-refractivity contribution in [2.24, 2.45) is 5.41 Å². The fraction of sp³-hybridized carbons (Fsp3) is 0.929. The highest BCUT2D eigenvalue weighted by Crippen LogP contribution is 2.37. The van der Waals surface area contributed by atoms with Crippen LogP contribution in [0, 0.1) is 5.41 Å². The minimum atomic E-state index is -0.653. The van der Waals surface area contributed by atoms with Crippen molar-refractivity contribution in [3.63, 3.8) is 0 Å². The van der Waals surface area contributed by atoms with Crippen molar-refractivity contribution >= 4 is 5.97 Å². The van der Waals surface area contributed by atoms with Crippen LogP contribution in [0.15, 0.2) is 0 Å². The second-order valence-corrected chi connectivity index (χ2v) is 4.91. The number of carboxylic acid groups (broad SMARTS) is 1. The quantitative estimate of drug-likeness (QED) is 0.554. The van der Waals surface area contributed by atoms with Crippen LogP contribution in [0.1, 0.15) is 78.6 Å². The molecule has 0 amide bonds. The van der Waals surface area contributed by atoms with Gasteiger partial charge in [0.1, 0.15) is 0 Å². The summed E-state index contributed by atoms with van der Waals surface area (Å²) in [4.78, 5) is 10.7. The number of unbranched alkanes of at least 4 members (excludes halogenated alkanes) is 3. The van der Waals surface area contributed by atoms with Gasteiger partial charge in [0, 0.05) is 6.42 Å². The topological polar surface area (TPSA) is 37.3 Å². The standard InChI is InChI=1S/C14H28O2/c1-4-7-8-9-11-14(5-2,6-3)12-10-13(15)16/h4-12H2,1-3H3,(H,15,16). The number of hydrogen-bond donors (Lipinski definition) is 1. The molecule has 0 rings (SSSR count). The van der Waals surface area contributed by atoms with E-state index in [0.717, 1.165) is 19.3 Å². The van der Waals surface area contributed by atoms with Gasteiger partial charge in [-0.2, -0.15) is 0 Å². The van der Waals surface area contributed by atoms with Gasteiger partial charge in [-0.25, -0.2) is 0 Å². The Hall–Kier alpha value is -0.530. The van der Waals surface area contributed by atoms with Gasteiger partial charge in [0.2, 0.25) is 0 Å². The van der Waals surface area contributed by atoms with Crippen LogP contribution < -0.4 is 0 Å². The van der Waals surface area contributed by atoms with Gasteiger partial charge in [-0.05, 0) is 18.3 Å². The van der Waals surface area contributed by atoms with E-state index in [4.69, 9.17) is 5.11 Å². The predicted molar refractivity (Wildman–Crippen MR) is 68.6 cm³/mol. The van der Waals surface area contributed by atoms with E-state index in [1.54, 1.807) is 0 Å². The van der Waals surface area contributed by atoms with Gasteiger partial charge < -0.3 is 5.11 Å². The molecule has 0 aliphatic heterocycles. The Bertz CT molecular complexity index is 183. The van der Waals surface area contributed by atoms with Gasteiger partial charge >= 0.3 is 5.97 Å². The zero-order chi connectivity index (χ0) is 12.4. The summed E-state index contributed by atoms with van der Waals surface area (Å²) in [6.45, 7) is 6.62. The fourth-order valence-electron chi connectivity index (χ4n) is 2.38. The van der Waals surface area contributed by atoms with Crippen molar-refractivity contribution in [2.75, 3.05) is 0 Å². The van der Waals surface area contributed by atoms with Crippen molar-refractivity contribution in [1.29, 1.82) is 0 Å². The molecule has 0 aromatic heterocycles. The molecule has 96 valence electrons. The van der Waals surface area contributed by atoms with E-state index >= 15 is 0 Å². The molecule has 2 heteroatoms. The average molecular weight is 228 g/mol. The molecule has 0 saturated heterocycles. The highest BCUT2D eigenvalue weighted by atomic mass is 16.4. The molecule has 2 nitrogen and oxygen atoms in total. The summed E-state index contributed by atoms with van der Waals surface area (Å²) < 4.78 is 0. The predicted octanol–water partition coefficient (Wildman–Crippen LogP) is 4.63. The molecule has 0 aromatic carbocycles. The first-order chi connectivity index (χ1) is 7.60. The maximum absolute atomic E-state index is 10.7. The Morgan fingerprint density at radius 3 is 2.06 bits per heavy atom. The molecule has 0 atom stereocenters. The summed E-state index contributed by atoms with van der Waals surface area (Å²) in [6.07, 6.45) is 9.74. The number of rotatable bonds is 10. The molecular weight excluding hydrogens is 200 g/mol. The lowest BCUT2D eigenvalue weighted by molar-refractivity contribution is -0.137. The first-order valence-electron chi connectivity index (χ1n) is 6.82. The van der Waals surface area contributed by atoms with Crippen LogP contribution in [0.25, 0.3) is 0 Å². The third-order valence-electron chi connectivity index (χ3n) is 3.93. The first-order valence-corrected chi connectivity index (χ1v) is 6.82. The van der Waals surface area contributed by atoms with E-state index in [2.05, 4.69) is 20.8 Å². The highest BCUT2D eigenvalue weighted by molar-refractivity contribution is 5.66. The third kappa shape index (κ3) is 6.14. The van der Waals surface area contributed by atoms with Crippen LogP contribution >= 0.6 is 0 Å². The van der Waals surface area contributed by atoms with E-state index in [1.165, 1.54) is 32.1 Å². The summed E-state index contributed by atoms with van der Waals surface area (Å²) in [6, 6.07) is 0. The van der Waals surface area contributed by atoms with Crippen LogP contribution in [0.3, 0.4) is 0 Å². The van der Waals surface area contributed by atoms with Crippen molar-refractivity contribution in [2.45, 2.75) is 78.6 Å². The normalized spacial score (nSPS) is 11.7. The van der Waals surface area contributed by atoms with E-state index in [1.807, 2.05) is 0 Å². The molecule has 0 aromatic rings. The minimum absolute atomic E-state index is 0.284.